The van der Waals surface area contributed by atoms with E-state index >= 15 is 0 Å². The molecule has 88 valence electrons. The van der Waals surface area contributed by atoms with Crippen molar-refractivity contribution in [3.05, 3.63) is 0 Å². The Morgan fingerprint density at radius 1 is 1.67 bits per heavy atom. The van der Waals surface area contributed by atoms with Gasteiger partial charge in [-0.05, 0) is 32.1 Å². The van der Waals surface area contributed by atoms with Crippen molar-refractivity contribution in [1.29, 1.82) is 0 Å². The van der Waals surface area contributed by atoms with Crippen LogP contribution in [-0.4, -0.2) is 41.8 Å². The first-order valence-electron chi connectivity index (χ1n) is 5.79. The molecule has 1 heterocycles. The lowest BCUT2D eigenvalue weighted by molar-refractivity contribution is 0.201. The second-order valence-corrected chi connectivity index (χ2v) is 4.56. The van der Waals surface area contributed by atoms with Crippen LogP contribution in [0, 0.1) is 5.92 Å². The van der Waals surface area contributed by atoms with E-state index in [1.807, 2.05) is 11.8 Å². The molecule has 0 aromatic carbocycles. The molecule has 1 fully saturated rings. The smallest absolute Gasteiger partial charge is 0.317 e. The Hall–Kier alpha value is -0.770. The molecule has 1 rings (SSSR count). The number of urea groups is 1. The van der Waals surface area contributed by atoms with Gasteiger partial charge in [0.2, 0.25) is 0 Å². The summed E-state index contributed by atoms with van der Waals surface area (Å²) in [6.07, 6.45) is 2.70. The van der Waals surface area contributed by atoms with Crippen molar-refractivity contribution < 1.29 is 9.90 Å². The molecular weight excluding hydrogens is 192 g/mol. The number of amides is 2. The van der Waals surface area contributed by atoms with Gasteiger partial charge in [-0.25, -0.2) is 4.79 Å². The molecular formula is C11H22N2O2. The average Bonchev–Trinajstić information content (AvgIpc) is 2.61. The Labute approximate surface area is 91.6 Å². The Kier molecular flexibility index (Phi) is 4.88. The lowest BCUT2D eigenvalue weighted by Gasteiger charge is -2.20. The fraction of sp³-hybridized carbons (Fsp3) is 0.909. The van der Waals surface area contributed by atoms with E-state index in [4.69, 9.17) is 5.11 Å². The highest BCUT2D eigenvalue weighted by atomic mass is 16.3. The summed E-state index contributed by atoms with van der Waals surface area (Å²) in [6.45, 7) is 6.09. The molecule has 0 aliphatic carbocycles. The molecule has 0 bridgehead atoms. The number of likely N-dealkylation sites (tertiary alicyclic amines) is 1. The third kappa shape index (κ3) is 4.08. The van der Waals surface area contributed by atoms with Crippen molar-refractivity contribution in [1.82, 2.24) is 10.2 Å². The summed E-state index contributed by atoms with van der Waals surface area (Å²) in [5.41, 5.74) is 0. The van der Waals surface area contributed by atoms with E-state index in [9.17, 15) is 4.79 Å². The number of hydrogen-bond donors (Lipinski definition) is 2. The zero-order valence-corrected chi connectivity index (χ0v) is 9.70. The molecule has 2 atom stereocenters. The van der Waals surface area contributed by atoms with Gasteiger partial charge in [0.05, 0.1) is 0 Å². The van der Waals surface area contributed by atoms with Crippen molar-refractivity contribution >= 4 is 6.03 Å². The van der Waals surface area contributed by atoms with Gasteiger partial charge in [-0.2, -0.15) is 0 Å². The number of hydrogen-bond acceptors (Lipinski definition) is 2. The van der Waals surface area contributed by atoms with Crippen molar-refractivity contribution in [3.63, 3.8) is 0 Å². The summed E-state index contributed by atoms with van der Waals surface area (Å²) in [5, 5.41) is 11.6. The van der Waals surface area contributed by atoms with E-state index < -0.39 is 0 Å². The average molecular weight is 214 g/mol. The van der Waals surface area contributed by atoms with E-state index in [1.54, 1.807) is 0 Å². The van der Waals surface area contributed by atoms with Crippen LogP contribution in [0.4, 0.5) is 4.79 Å². The number of nitrogens with one attached hydrogen (secondary N) is 1. The normalized spacial score (nSPS) is 22.9. The van der Waals surface area contributed by atoms with Gasteiger partial charge in [0.1, 0.15) is 0 Å². The highest BCUT2D eigenvalue weighted by Gasteiger charge is 2.23. The second kappa shape index (κ2) is 5.95. The number of carbonyl (C=O) groups is 1. The molecule has 0 saturated carbocycles. The van der Waals surface area contributed by atoms with Crippen LogP contribution in [0.5, 0.6) is 0 Å². The van der Waals surface area contributed by atoms with E-state index in [-0.39, 0.29) is 18.7 Å². The first kappa shape index (κ1) is 12.3. The quantitative estimate of drug-likeness (QED) is 0.739. The largest absolute Gasteiger partial charge is 0.396 e. The van der Waals surface area contributed by atoms with Crippen molar-refractivity contribution in [2.24, 2.45) is 5.92 Å². The zero-order chi connectivity index (χ0) is 11.3. The van der Waals surface area contributed by atoms with E-state index in [1.165, 1.54) is 0 Å². The maximum Gasteiger partial charge on any atom is 0.317 e. The minimum absolute atomic E-state index is 0.0461. The van der Waals surface area contributed by atoms with Crippen LogP contribution >= 0.6 is 0 Å². The van der Waals surface area contributed by atoms with Gasteiger partial charge in [0.25, 0.3) is 0 Å². The highest BCUT2D eigenvalue weighted by molar-refractivity contribution is 5.74. The molecule has 1 saturated heterocycles. The van der Waals surface area contributed by atoms with Gasteiger partial charge in [0, 0.05) is 25.7 Å². The summed E-state index contributed by atoms with van der Waals surface area (Å²) in [7, 11) is 0. The molecule has 0 spiro atoms. The van der Waals surface area contributed by atoms with E-state index in [2.05, 4.69) is 12.2 Å². The lowest BCUT2D eigenvalue weighted by atomic mass is 10.2. The summed E-state index contributed by atoms with van der Waals surface area (Å²) in [6, 6.07) is 0.199. The van der Waals surface area contributed by atoms with Crippen LogP contribution < -0.4 is 5.32 Å². The summed E-state index contributed by atoms with van der Waals surface area (Å²) in [5.74, 6) is 0.628. The molecule has 0 radical (unpaired) electrons. The van der Waals surface area contributed by atoms with Crippen LogP contribution in [0.3, 0.4) is 0 Å². The van der Waals surface area contributed by atoms with E-state index in [0.717, 1.165) is 32.4 Å². The number of rotatable bonds is 4. The molecule has 4 nitrogen and oxygen atoms in total. The molecule has 2 N–H and O–H groups in total. The summed E-state index contributed by atoms with van der Waals surface area (Å²) in [4.78, 5) is 13.6. The molecule has 0 aromatic rings. The Morgan fingerprint density at radius 3 is 2.93 bits per heavy atom. The third-order valence-corrected chi connectivity index (χ3v) is 2.88. The SMILES string of the molecule is CC1CCN(C(=O)NC(C)CCCO)C1. The predicted octanol–water partition coefficient (Wildman–Crippen LogP) is 1.20. The predicted molar refractivity (Wildman–Crippen MR) is 59.7 cm³/mol. The maximum atomic E-state index is 11.7. The molecule has 1 aliphatic rings. The van der Waals surface area contributed by atoms with E-state index in [0.29, 0.717) is 5.92 Å². The number of carbonyl (C=O) groups excluding carboxylic acids is 1. The fourth-order valence-electron chi connectivity index (χ4n) is 1.89. The first-order valence-corrected chi connectivity index (χ1v) is 5.79. The minimum Gasteiger partial charge on any atom is -0.396 e. The number of aliphatic hydroxyl groups is 1. The van der Waals surface area contributed by atoms with Gasteiger partial charge in [-0.3, -0.25) is 0 Å². The molecule has 1 aliphatic heterocycles. The Morgan fingerprint density at radius 2 is 2.40 bits per heavy atom. The van der Waals surface area contributed by atoms with Crippen LogP contribution in [0.2, 0.25) is 0 Å². The first-order chi connectivity index (χ1) is 7.13. The van der Waals surface area contributed by atoms with Gasteiger partial charge >= 0.3 is 6.03 Å². The summed E-state index contributed by atoms with van der Waals surface area (Å²) < 4.78 is 0. The van der Waals surface area contributed by atoms with Gasteiger partial charge < -0.3 is 15.3 Å². The Balaban J connectivity index is 2.23. The molecule has 4 heteroatoms. The van der Waals surface area contributed by atoms with Crippen LogP contribution in [0.25, 0.3) is 0 Å². The minimum atomic E-state index is 0.0461. The molecule has 2 amide bonds. The third-order valence-electron chi connectivity index (χ3n) is 2.88. The standard InChI is InChI=1S/C11H22N2O2/c1-9-5-6-13(8-9)11(15)12-10(2)4-3-7-14/h9-10,14H,3-8H2,1-2H3,(H,12,15). The van der Waals surface area contributed by atoms with Crippen LogP contribution in [-0.2, 0) is 0 Å². The second-order valence-electron chi connectivity index (χ2n) is 4.56. The number of nitrogens with zero attached hydrogens (tertiary/aromatic N) is 1. The van der Waals surface area contributed by atoms with Gasteiger partial charge in [-0.1, -0.05) is 6.92 Å². The lowest BCUT2D eigenvalue weighted by Crippen LogP contribution is -2.42. The topological polar surface area (TPSA) is 52.6 Å². The highest BCUT2D eigenvalue weighted by Crippen LogP contribution is 2.14. The fourth-order valence-corrected chi connectivity index (χ4v) is 1.89. The van der Waals surface area contributed by atoms with Gasteiger partial charge in [-0.15, -0.1) is 0 Å². The van der Waals surface area contributed by atoms with Crippen LogP contribution in [0.1, 0.15) is 33.1 Å². The van der Waals surface area contributed by atoms with Crippen molar-refractivity contribution in [2.75, 3.05) is 19.7 Å². The zero-order valence-electron chi connectivity index (χ0n) is 9.70. The molecule has 15 heavy (non-hydrogen) atoms. The van der Waals surface area contributed by atoms with Crippen molar-refractivity contribution in [2.45, 2.75) is 39.2 Å². The summed E-state index contributed by atoms with van der Waals surface area (Å²) >= 11 is 0. The van der Waals surface area contributed by atoms with Gasteiger partial charge in [0.15, 0.2) is 0 Å². The van der Waals surface area contributed by atoms with Crippen molar-refractivity contribution in [3.8, 4) is 0 Å². The maximum absolute atomic E-state index is 11.7. The molecule has 0 aromatic heterocycles. The number of aliphatic hydroxyl groups excluding tert-OH is 1. The van der Waals surface area contributed by atoms with Crippen LogP contribution in [0.15, 0.2) is 0 Å². The molecule has 2 unspecified atom stereocenters. The Bertz CT molecular complexity index is 209. The monoisotopic (exact) mass is 214 g/mol.